The van der Waals surface area contributed by atoms with Gasteiger partial charge < -0.3 is 10.6 Å². The summed E-state index contributed by atoms with van der Waals surface area (Å²) >= 11 is 4.82. The van der Waals surface area contributed by atoms with Crippen molar-refractivity contribution in [3.63, 3.8) is 0 Å². The number of hydrogen-bond donors (Lipinski definition) is 1. The largest absolute Gasteiger partial charge is 0.388 e. The Morgan fingerprint density at radius 3 is 2.62 bits per heavy atom. The molecule has 0 radical (unpaired) electrons. The topological polar surface area (TPSA) is 55.0 Å². The molecule has 1 aromatic rings. The lowest BCUT2D eigenvalue weighted by atomic mass is 10.1. The highest BCUT2D eigenvalue weighted by Gasteiger charge is 2.07. The fourth-order valence-corrected chi connectivity index (χ4v) is 1.44. The van der Waals surface area contributed by atoms with E-state index >= 15 is 0 Å². The lowest BCUT2D eigenvalue weighted by molar-refractivity contribution is 0.557. The normalized spacial score (nSPS) is 12.2. The summed E-state index contributed by atoms with van der Waals surface area (Å²) in [5.41, 5.74) is 6.02. The molecule has 2 N–H and O–H groups in total. The van der Waals surface area contributed by atoms with E-state index in [2.05, 4.69) is 28.7 Å². The number of nitrogens with two attached hydrogens (primary N) is 1. The molecule has 0 amide bonds. The molecule has 0 aliphatic rings. The van der Waals surface area contributed by atoms with Crippen molar-refractivity contribution in [2.45, 2.75) is 20.3 Å². The zero-order chi connectivity index (χ0) is 12.1. The van der Waals surface area contributed by atoms with Crippen LogP contribution >= 0.6 is 12.2 Å². The second-order valence-corrected chi connectivity index (χ2v) is 4.46. The number of rotatable bonds is 5. The van der Waals surface area contributed by atoms with Crippen LogP contribution in [0.3, 0.4) is 0 Å². The summed E-state index contributed by atoms with van der Waals surface area (Å²) < 4.78 is 0. The third-order valence-electron chi connectivity index (χ3n) is 2.56. The van der Waals surface area contributed by atoms with Crippen molar-refractivity contribution >= 4 is 23.0 Å². The second kappa shape index (κ2) is 5.75. The van der Waals surface area contributed by atoms with E-state index in [1.54, 1.807) is 12.4 Å². The average molecular weight is 238 g/mol. The first kappa shape index (κ1) is 12.8. The molecular weight excluding hydrogens is 220 g/mol. The number of thiocarbonyl (C=S) groups is 1. The molecule has 0 aromatic carbocycles. The van der Waals surface area contributed by atoms with Gasteiger partial charge in [0.15, 0.2) is 0 Å². The second-order valence-electron chi connectivity index (χ2n) is 4.02. The minimum Gasteiger partial charge on any atom is -0.388 e. The molecular formula is C11H18N4S. The van der Waals surface area contributed by atoms with Crippen LogP contribution < -0.4 is 10.6 Å². The highest BCUT2D eigenvalue weighted by atomic mass is 32.1. The molecule has 0 aliphatic heterocycles. The molecule has 1 heterocycles. The summed E-state index contributed by atoms with van der Waals surface area (Å²) in [4.78, 5) is 10.8. The maximum Gasteiger partial charge on any atom is 0.146 e. The van der Waals surface area contributed by atoms with E-state index in [9.17, 15) is 0 Å². The van der Waals surface area contributed by atoms with Gasteiger partial charge in [0.25, 0.3) is 0 Å². The minimum absolute atomic E-state index is 0.281. The first-order valence-corrected chi connectivity index (χ1v) is 5.78. The van der Waals surface area contributed by atoms with Crippen LogP contribution in [0.15, 0.2) is 12.4 Å². The zero-order valence-corrected chi connectivity index (χ0v) is 10.8. The van der Waals surface area contributed by atoms with E-state index < -0.39 is 0 Å². The third-order valence-corrected chi connectivity index (χ3v) is 2.77. The Balaban J connectivity index is 2.70. The average Bonchev–Trinajstić information content (AvgIpc) is 2.28. The Hall–Kier alpha value is -1.23. The highest BCUT2D eigenvalue weighted by molar-refractivity contribution is 7.80. The molecule has 1 aromatic heterocycles. The van der Waals surface area contributed by atoms with Gasteiger partial charge in [-0.2, -0.15) is 0 Å². The standard InChI is InChI=1S/C11H18N4S/c1-4-8(2)7-15(3)10-6-13-9(5-14-10)11(12)16/h5-6,8H,4,7H2,1-3H3,(H2,12,16). The predicted molar refractivity (Wildman–Crippen MR) is 70.6 cm³/mol. The van der Waals surface area contributed by atoms with E-state index in [0.717, 1.165) is 18.8 Å². The van der Waals surface area contributed by atoms with E-state index in [-0.39, 0.29) is 4.99 Å². The Bertz CT molecular complexity index is 350. The molecule has 0 aliphatic carbocycles. The van der Waals surface area contributed by atoms with Gasteiger partial charge in [-0.15, -0.1) is 0 Å². The highest BCUT2D eigenvalue weighted by Crippen LogP contribution is 2.10. The number of aromatic nitrogens is 2. The van der Waals surface area contributed by atoms with Crippen molar-refractivity contribution < 1.29 is 0 Å². The molecule has 1 unspecified atom stereocenters. The van der Waals surface area contributed by atoms with Crippen molar-refractivity contribution in [2.75, 3.05) is 18.5 Å². The molecule has 0 saturated carbocycles. The molecule has 0 bridgehead atoms. The number of hydrogen-bond acceptors (Lipinski definition) is 4. The lowest BCUT2D eigenvalue weighted by Crippen LogP contribution is -2.25. The lowest BCUT2D eigenvalue weighted by Gasteiger charge is -2.21. The van der Waals surface area contributed by atoms with Crippen LogP contribution in [-0.4, -0.2) is 28.5 Å². The molecule has 5 heteroatoms. The van der Waals surface area contributed by atoms with Crippen LogP contribution in [0.4, 0.5) is 5.82 Å². The first-order valence-electron chi connectivity index (χ1n) is 5.37. The minimum atomic E-state index is 0.281. The van der Waals surface area contributed by atoms with Crippen molar-refractivity contribution in [1.29, 1.82) is 0 Å². The van der Waals surface area contributed by atoms with Crippen molar-refractivity contribution in [2.24, 2.45) is 11.7 Å². The van der Waals surface area contributed by atoms with E-state index in [1.165, 1.54) is 0 Å². The third kappa shape index (κ3) is 3.41. The summed E-state index contributed by atoms with van der Waals surface area (Å²) in [5.74, 6) is 1.49. The predicted octanol–water partition coefficient (Wildman–Crippen LogP) is 1.59. The van der Waals surface area contributed by atoms with E-state index in [1.807, 2.05) is 7.05 Å². The number of anilines is 1. The number of nitrogens with zero attached hydrogens (tertiary/aromatic N) is 3. The molecule has 4 nitrogen and oxygen atoms in total. The van der Waals surface area contributed by atoms with Crippen molar-refractivity contribution in [3.8, 4) is 0 Å². The maximum absolute atomic E-state index is 5.46. The first-order chi connectivity index (χ1) is 7.54. The van der Waals surface area contributed by atoms with Gasteiger partial charge in [-0.25, -0.2) is 9.97 Å². The summed E-state index contributed by atoms with van der Waals surface area (Å²) in [6.07, 6.45) is 4.48. The van der Waals surface area contributed by atoms with E-state index in [0.29, 0.717) is 11.6 Å². The van der Waals surface area contributed by atoms with Crippen LogP contribution in [0, 0.1) is 5.92 Å². The van der Waals surface area contributed by atoms with Gasteiger partial charge in [-0.05, 0) is 5.92 Å². The van der Waals surface area contributed by atoms with Gasteiger partial charge in [-0.1, -0.05) is 32.5 Å². The molecule has 1 atom stereocenters. The molecule has 16 heavy (non-hydrogen) atoms. The Morgan fingerprint density at radius 2 is 2.19 bits per heavy atom. The smallest absolute Gasteiger partial charge is 0.146 e. The summed E-state index contributed by atoms with van der Waals surface area (Å²) in [6, 6.07) is 0. The molecule has 1 rings (SSSR count). The maximum atomic E-state index is 5.46. The molecule has 0 saturated heterocycles. The molecule has 88 valence electrons. The van der Waals surface area contributed by atoms with Gasteiger partial charge in [0.05, 0.1) is 12.4 Å². The zero-order valence-electron chi connectivity index (χ0n) is 9.97. The van der Waals surface area contributed by atoms with Gasteiger partial charge in [0.1, 0.15) is 16.5 Å². The van der Waals surface area contributed by atoms with Crippen LogP contribution in [0.5, 0.6) is 0 Å². The fraction of sp³-hybridized carbons (Fsp3) is 0.545. The van der Waals surface area contributed by atoms with Crippen LogP contribution in [-0.2, 0) is 0 Å². The summed E-state index contributed by atoms with van der Waals surface area (Å²) in [5, 5.41) is 0. The molecule has 0 fully saturated rings. The summed E-state index contributed by atoms with van der Waals surface area (Å²) in [7, 11) is 2.01. The quantitative estimate of drug-likeness (QED) is 0.790. The van der Waals surface area contributed by atoms with Gasteiger partial charge in [0, 0.05) is 13.6 Å². The van der Waals surface area contributed by atoms with Crippen LogP contribution in [0.1, 0.15) is 26.0 Å². The SMILES string of the molecule is CCC(C)CN(C)c1cnc(C(N)=S)cn1. The van der Waals surface area contributed by atoms with Crippen LogP contribution in [0.2, 0.25) is 0 Å². The van der Waals surface area contributed by atoms with Gasteiger partial charge in [-0.3, -0.25) is 0 Å². The summed E-state index contributed by atoms with van der Waals surface area (Å²) in [6.45, 7) is 5.37. The van der Waals surface area contributed by atoms with Crippen molar-refractivity contribution in [1.82, 2.24) is 9.97 Å². The van der Waals surface area contributed by atoms with Crippen molar-refractivity contribution in [3.05, 3.63) is 18.1 Å². The monoisotopic (exact) mass is 238 g/mol. The van der Waals surface area contributed by atoms with E-state index in [4.69, 9.17) is 18.0 Å². The Labute approximate surface area is 102 Å². The van der Waals surface area contributed by atoms with Gasteiger partial charge >= 0.3 is 0 Å². The fourth-order valence-electron chi connectivity index (χ4n) is 1.34. The van der Waals surface area contributed by atoms with Crippen LogP contribution in [0.25, 0.3) is 0 Å². The van der Waals surface area contributed by atoms with Gasteiger partial charge in [0.2, 0.25) is 0 Å². The molecule has 0 spiro atoms. The Morgan fingerprint density at radius 1 is 1.50 bits per heavy atom. The Kier molecular flexibility index (Phi) is 4.61.